The summed E-state index contributed by atoms with van der Waals surface area (Å²) in [6, 6.07) is 10.2. The second-order valence-electron chi connectivity index (χ2n) is 10.0. The summed E-state index contributed by atoms with van der Waals surface area (Å²) in [7, 11) is 1.76. The minimum absolute atomic E-state index is 0.0831. The number of aromatic nitrogens is 6. The van der Waals surface area contributed by atoms with E-state index in [0.717, 1.165) is 24.5 Å². The van der Waals surface area contributed by atoms with Crippen molar-refractivity contribution in [1.29, 1.82) is 0 Å². The van der Waals surface area contributed by atoms with Crippen LogP contribution in [0.5, 0.6) is 0 Å². The number of nitrogens with zero attached hydrogens (tertiary/aromatic N) is 7. The maximum Gasteiger partial charge on any atom is 0.225 e. The van der Waals surface area contributed by atoms with Crippen LogP contribution in [0.2, 0.25) is 0 Å². The molecule has 3 aromatic heterocycles. The number of hydrogen-bond acceptors (Lipinski definition) is 8. The summed E-state index contributed by atoms with van der Waals surface area (Å²) in [6.45, 7) is 3.36. The van der Waals surface area contributed by atoms with Gasteiger partial charge in [0.2, 0.25) is 11.9 Å². The highest BCUT2D eigenvalue weighted by molar-refractivity contribution is 5.66. The number of anilines is 4. The SMILES string of the molecule is Cn1nc(-c2ccc(N3CC4(C3)CC(C)(F)C4)nc2)nc1Nc1ccc(-c2ccnc(N)n2)c(F)c1. The zero-order valence-corrected chi connectivity index (χ0v) is 19.9. The normalized spacial score (nSPS) is 17.5. The molecule has 1 saturated heterocycles. The maximum absolute atomic E-state index is 14.8. The van der Waals surface area contributed by atoms with Gasteiger partial charge in [0.05, 0.1) is 5.69 Å². The van der Waals surface area contributed by atoms with Crippen LogP contribution in [0.1, 0.15) is 19.8 Å². The van der Waals surface area contributed by atoms with Crippen LogP contribution in [-0.4, -0.2) is 48.5 Å². The van der Waals surface area contributed by atoms with E-state index in [1.54, 1.807) is 43.0 Å². The van der Waals surface area contributed by atoms with Crippen LogP contribution >= 0.6 is 0 Å². The third-order valence-electron chi connectivity index (χ3n) is 6.81. The molecule has 1 saturated carbocycles. The van der Waals surface area contributed by atoms with E-state index in [-0.39, 0.29) is 11.4 Å². The van der Waals surface area contributed by atoms with Gasteiger partial charge in [-0.25, -0.2) is 28.4 Å². The summed E-state index contributed by atoms with van der Waals surface area (Å²) in [4.78, 5) is 19.2. The molecule has 1 spiro atoms. The Balaban J connectivity index is 1.14. The number of alkyl halides is 1. The van der Waals surface area contributed by atoms with Crippen LogP contribution in [0.4, 0.5) is 32.2 Å². The van der Waals surface area contributed by atoms with E-state index in [2.05, 4.69) is 35.3 Å². The van der Waals surface area contributed by atoms with Gasteiger partial charge in [-0.05, 0) is 56.2 Å². The smallest absolute Gasteiger partial charge is 0.225 e. The first-order valence-electron chi connectivity index (χ1n) is 11.7. The van der Waals surface area contributed by atoms with Crippen molar-refractivity contribution in [2.24, 2.45) is 12.5 Å². The Bertz CT molecular complexity index is 1430. The molecule has 0 bridgehead atoms. The molecule has 1 aliphatic heterocycles. The molecule has 9 nitrogen and oxygen atoms in total. The molecule has 4 heterocycles. The van der Waals surface area contributed by atoms with Crippen LogP contribution < -0.4 is 16.0 Å². The molecule has 1 aliphatic carbocycles. The van der Waals surface area contributed by atoms with Crippen molar-refractivity contribution in [3.05, 3.63) is 54.6 Å². The summed E-state index contributed by atoms with van der Waals surface area (Å²) in [5.74, 6) is 1.45. The first-order valence-corrected chi connectivity index (χ1v) is 11.7. The quantitative estimate of drug-likeness (QED) is 0.431. The van der Waals surface area contributed by atoms with Crippen LogP contribution in [0.3, 0.4) is 0 Å². The van der Waals surface area contributed by atoms with Crippen molar-refractivity contribution in [2.45, 2.75) is 25.4 Å². The Morgan fingerprint density at radius 1 is 1.06 bits per heavy atom. The van der Waals surface area contributed by atoms with Gasteiger partial charge >= 0.3 is 0 Å². The molecular weight excluding hydrogens is 464 g/mol. The fourth-order valence-electron chi connectivity index (χ4n) is 5.44. The average Bonchev–Trinajstić information content (AvgIpc) is 3.16. The van der Waals surface area contributed by atoms with Gasteiger partial charge in [0.1, 0.15) is 17.3 Å². The molecule has 1 aromatic carbocycles. The van der Waals surface area contributed by atoms with Crippen molar-refractivity contribution in [3.8, 4) is 22.6 Å². The van der Waals surface area contributed by atoms with Crippen molar-refractivity contribution in [3.63, 3.8) is 0 Å². The molecule has 0 amide bonds. The Morgan fingerprint density at radius 2 is 1.86 bits per heavy atom. The van der Waals surface area contributed by atoms with E-state index in [0.29, 0.717) is 41.6 Å². The van der Waals surface area contributed by atoms with Gasteiger partial charge < -0.3 is 16.0 Å². The van der Waals surface area contributed by atoms with Gasteiger partial charge in [-0.1, -0.05) is 0 Å². The number of rotatable bonds is 5. The zero-order valence-electron chi connectivity index (χ0n) is 19.9. The number of halogens is 2. The van der Waals surface area contributed by atoms with Crippen molar-refractivity contribution in [1.82, 2.24) is 29.7 Å². The Kier molecular flexibility index (Phi) is 4.92. The molecule has 11 heteroatoms. The molecule has 2 fully saturated rings. The highest BCUT2D eigenvalue weighted by atomic mass is 19.1. The molecule has 3 N–H and O–H groups in total. The lowest BCUT2D eigenvalue weighted by atomic mass is 9.57. The van der Waals surface area contributed by atoms with Crippen molar-refractivity contribution < 1.29 is 8.78 Å². The summed E-state index contributed by atoms with van der Waals surface area (Å²) in [5.41, 5.74) is 6.72. The van der Waals surface area contributed by atoms with Gasteiger partial charge in [0.25, 0.3) is 0 Å². The van der Waals surface area contributed by atoms with Gasteiger partial charge in [-0.15, -0.1) is 5.10 Å². The summed E-state index contributed by atoms with van der Waals surface area (Å²) >= 11 is 0. The predicted octanol–water partition coefficient (Wildman–Crippen LogP) is 4.13. The van der Waals surface area contributed by atoms with E-state index in [9.17, 15) is 8.78 Å². The Hall–Kier alpha value is -4.15. The number of benzene rings is 1. The van der Waals surface area contributed by atoms with Crippen molar-refractivity contribution in [2.75, 3.05) is 29.0 Å². The molecule has 0 atom stereocenters. The number of nitrogen functional groups attached to an aromatic ring is 1. The molecule has 2 aliphatic rings. The first kappa shape index (κ1) is 22.3. The fourth-order valence-corrected chi connectivity index (χ4v) is 5.44. The molecule has 184 valence electrons. The number of pyridine rings is 1. The Labute approximate surface area is 206 Å². The predicted molar refractivity (Wildman–Crippen MR) is 133 cm³/mol. The number of aryl methyl sites for hydroxylation is 1. The standard InChI is InChI=1S/C25H25F2N9/c1-24(27)11-25(12-24)13-36(14-25)20-6-3-15(10-30-20)21-33-23(35(2)34-21)31-16-4-5-17(18(26)9-16)19-7-8-29-22(28)32-19/h3-10H,11-14H2,1-2H3,(H2,28,29,32)(H,31,33,34). The van der Waals surface area contributed by atoms with E-state index < -0.39 is 11.5 Å². The van der Waals surface area contributed by atoms with E-state index in [1.165, 1.54) is 12.3 Å². The second kappa shape index (κ2) is 7.94. The van der Waals surface area contributed by atoms with Gasteiger partial charge in [-0.3, -0.25) is 0 Å². The topological polar surface area (TPSA) is 111 Å². The molecular formula is C25H25F2N9. The van der Waals surface area contributed by atoms with Crippen molar-refractivity contribution >= 4 is 23.4 Å². The largest absolute Gasteiger partial charge is 0.368 e. The lowest BCUT2D eigenvalue weighted by molar-refractivity contribution is -0.0714. The third kappa shape index (κ3) is 4.00. The number of hydrogen-bond donors (Lipinski definition) is 2. The van der Waals surface area contributed by atoms with Gasteiger partial charge in [0, 0.05) is 54.8 Å². The molecule has 0 unspecified atom stereocenters. The maximum atomic E-state index is 14.8. The lowest BCUT2D eigenvalue weighted by Crippen LogP contribution is -2.66. The van der Waals surface area contributed by atoms with Crippen LogP contribution in [-0.2, 0) is 7.05 Å². The van der Waals surface area contributed by atoms with E-state index in [4.69, 9.17) is 5.73 Å². The molecule has 36 heavy (non-hydrogen) atoms. The van der Waals surface area contributed by atoms with E-state index >= 15 is 0 Å². The van der Waals surface area contributed by atoms with Crippen LogP contribution in [0.15, 0.2) is 48.8 Å². The average molecular weight is 490 g/mol. The van der Waals surface area contributed by atoms with Crippen LogP contribution in [0.25, 0.3) is 22.6 Å². The highest BCUT2D eigenvalue weighted by Crippen LogP contribution is 2.56. The van der Waals surface area contributed by atoms with E-state index in [1.807, 2.05) is 12.1 Å². The van der Waals surface area contributed by atoms with Gasteiger partial charge in [-0.2, -0.15) is 4.98 Å². The molecule has 4 aromatic rings. The lowest BCUT2D eigenvalue weighted by Gasteiger charge is -2.61. The highest BCUT2D eigenvalue weighted by Gasteiger charge is 2.58. The van der Waals surface area contributed by atoms with Crippen LogP contribution in [0, 0.1) is 11.2 Å². The molecule has 0 radical (unpaired) electrons. The summed E-state index contributed by atoms with van der Waals surface area (Å²) < 4.78 is 30.3. The minimum atomic E-state index is -1.01. The summed E-state index contributed by atoms with van der Waals surface area (Å²) in [5, 5.41) is 7.57. The number of nitrogens with two attached hydrogens (primary N) is 1. The summed E-state index contributed by atoms with van der Waals surface area (Å²) in [6.07, 6.45) is 4.48. The second-order valence-corrected chi connectivity index (χ2v) is 10.0. The Morgan fingerprint density at radius 3 is 2.53 bits per heavy atom. The number of nitrogens with one attached hydrogen (secondary N) is 1. The van der Waals surface area contributed by atoms with Gasteiger partial charge in [0.15, 0.2) is 5.82 Å². The first-order chi connectivity index (χ1) is 17.2. The third-order valence-corrected chi connectivity index (χ3v) is 6.81. The monoisotopic (exact) mass is 489 g/mol. The fraction of sp³-hybridized carbons (Fsp3) is 0.320. The minimum Gasteiger partial charge on any atom is -0.368 e. The molecule has 6 rings (SSSR count). The zero-order chi connectivity index (χ0) is 25.1.